The quantitative estimate of drug-likeness (QED) is 0.746. The van der Waals surface area contributed by atoms with Crippen LogP contribution in [0, 0.1) is 11.8 Å². The standard InChI is InChI=1S/C14H19F3N2O/c15-14(16,17)12-6-11(4-5-13(12)18)19-7-9-2-1-3-10(9)8-20/h4-6,9-10,19-20H,1-3,7-8,18H2. The highest BCUT2D eigenvalue weighted by molar-refractivity contribution is 5.58. The smallest absolute Gasteiger partial charge is 0.398 e. The maximum Gasteiger partial charge on any atom is 0.418 e. The van der Waals surface area contributed by atoms with Gasteiger partial charge in [-0.15, -0.1) is 0 Å². The summed E-state index contributed by atoms with van der Waals surface area (Å²) in [6, 6.07) is 3.86. The molecule has 0 aromatic heterocycles. The molecule has 0 saturated heterocycles. The van der Waals surface area contributed by atoms with E-state index in [0.29, 0.717) is 18.2 Å². The van der Waals surface area contributed by atoms with Crippen LogP contribution in [0.3, 0.4) is 0 Å². The van der Waals surface area contributed by atoms with Gasteiger partial charge >= 0.3 is 6.18 Å². The number of benzene rings is 1. The number of alkyl halides is 3. The van der Waals surface area contributed by atoms with Crippen molar-refractivity contribution in [2.45, 2.75) is 25.4 Å². The molecule has 2 unspecified atom stereocenters. The zero-order chi connectivity index (χ0) is 14.8. The molecule has 1 aliphatic carbocycles. The van der Waals surface area contributed by atoms with Crippen molar-refractivity contribution in [2.75, 3.05) is 24.2 Å². The lowest BCUT2D eigenvalue weighted by molar-refractivity contribution is -0.136. The SMILES string of the molecule is Nc1ccc(NCC2CCCC2CO)cc1C(F)(F)F. The third-order valence-electron chi connectivity index (χ3n) is 3.98. The van der Waals surface area contributed by atoms with Gasteiger partial charge in [0.1, 0.15) is 0 Å². The van der Waals surface area contributed by atoms with Crippen LogP contribution in [0.2, 0.25) is 0 Å². The molecule has 20 heavy (non-hydrogen) atoms. The Kier molecular flexibility index (Phi) is 4.42. The summed E-state index contributed by atoms with van der Waals surface area (Å²) in [5.74, 6) is 0.560. The summed E-state index contributed by atoms with van der Waals surface area (Å²) in [5.41, 5.74) is 4.69. The number of hydrogen-bond acceptors (Lipinski definition) is 3. The third kappa shape index (κ3) is 3.36. The van der Waals surface area contributed by atoms with Gasteiger partial charge in [-0.05, 0) is 42.9 Å². The first-order chi connectivity index (χ1) is 9.41. The second-order valence-corrected chi connectivity index (χ2v) is 5.31. The summed E-state index contributed by atoms with van der Waals surface area (Å²) in [7, 11) is 0. The van der Waals surface area contributed by atoms with Gasteiger partial charge in [0.2, 0.25) is 0 Å². The second-order valence-electron chi connectivity index (χ2n) is 5.31. The molecule has 1 saturated carbocycles. The Morgan fingerprint density at radius 1 is 1.25 bits per heavy atom. The highest BCUT2D eigenvalue weighted by atomic mass is 19.4. The molecule has 3 nitrogen and oxygen atoms in total. The van der Waals surface area contributed by atoms with Crippen LogP contribution < -0.4 is 11.1 Å². The molecule has 0 bridgehead atoms. The molecule has 1 fully saturated rings. The summed E-state index contributed by atoms with van der Waals surface area (Å²) in [6.07, 6.45) is -1.40. The van der Waals surface area contributed by atoms with Crippen LogP contribution in [-0.2, 0) is 6.18 Å². The van der Waals surface area contributed by atoms with E-state index in [0.717, 1.165) is 25.3 Å². The fraction of sp³-hybridized carbons (Fsp3) is 0.571. The van der Waals surface area contributed by atoms with Crippen molar-refractivity contribution >= 4 is 11.4 Å². The molecule has 1 aromatic rings. The predicted molar refractivity (Wildman–Crippen MR) is 72.3 cm³/mol. The molecule has 0 radical (unpaired) electrons. The number of halogens is 3. The Bertz CT molecular complexity index is 462. The molecule has 2 rings (SSSR count). The average Bonchev–Trinajstić information content (AvgIpc) is 2.84. The van der Waals surface area contributed by atoms with Gasteiger partial charge in [-0.25, -0.2) is 0 Å². The molecule has 112 valence electrons. The first-order valence-corrected chi connectivity index (χ1v) is 6.73. The van der Waals surface area contributed by atoms with Gasteiger partial charge in [-0.3, -0.25) is 0 Å². The van der Waals surface area contributed by atoms with Crippen LogP contribution in [0.15, 0.2) is 18.2 Å². The van der Waals surface area contributed by atoms with E-state index in [4.69, 9.17) is 5.73 Å². The summed E-state index contributed by atoms with van der Waals surface area (Å²) in [5, 5.41) is 12.3. The molecule has 0 aliphatic heterocycles. The van der Waals surface area contributed by atoms with Crippen molar-refractivity contribution in [3.8, 4) is 0 Å². The molecular formula is C14H19F3N2O. The van der Waals surface area contributed by atoms with Crippen LogP contribution >= 0.6 is 0 Å². The lowest BCUT2D eigenvalue weighted by Gasteiger charge is -2.19. The second kappa shape index (κ2) is 5.91. The van der Waals surface area contributed by atoms with Crippen LogP contribution in [0.5, 0.6) is 0 Å². The first kappa shape index (κ1) is 15.0. The number of nitrogens with one attached hydrogen (secondary N) is 1. The van der Waals surface area contributed by atoms with Crippen LogP contribution in [-0.4, -0.2) is 18.3 Å². The fourth-order valence-electron chi connectivity index (χ4n) is 2.78. The van der Waals surface area contributed by atoms with Crippen molar-refractivity contribution in [3.05, 3.63) is 23.8 Å². The van der Waals surface area contributed by atoms with Crippen molar-refractivity contribution in [1.29, 1.82) is 0 Å². The molecule has 0 heterocycles. The van der Waals surface area contributed by atoms with Crippen molar-refractivity contribution in [3.63, 3.8) is 0 Å². The lowest BCUT2D eigenvalue weighted by atomic mass is 9.97. The largest absolute Gasteiger partial charge is 0.418 e. The highest BCUT2D eigenvalue weighted by Gasteiger charge is 2.33. The fourth-order valence-corrected chi connectivity index (χ4v) is 2.78. The summed E-state index contributed by atoms with van der Waals surface area (Å²) >= 11 is 0. The van der Waals surface area contributed by atoms with E-state index >= 15 is 0 Å². The minimum absolute atomic E-state index is 0.141. The van der Waals surface area contributed by atoms with Gasteiger partial charge in [-0.1, -0.05) is 6.42 Å². The number of aliphatic hydroxyl groups is 1. The number of nitrogens with two attached hydrogens (primary N) is 1. The van der Waals surface area contributed by atoms with Crippen molar-refractivity contribution < 1.29 is 18.3 Å². The van der Waals surface area contributed by atoms with E-state index in [1.807, 2.05) is 0 Å². The zero-order valence-corrected chi connectivity index (χ0v) is 11.1. The van der Waals surface area contributed by atoms with Gasteiger partial charge in [-0.2, -0.15) is 13.2 Å². The van der Waals surface area contributed by atoms with Gasteiger partial charge in [0.25, 0.3) is 0 Å². The number of aliphatic hydroxyl groups excluding tert-OH is 1. The maximum atomic E-state index is 12.7. The Morgan fingerprint density at radius 3 is 2.60 bits per heavy atom. The predicted octanol–water partition coefficient (Wildman–Crippen LogP) is 3.11. The van der Waals surface area contributed by atoms with Crippen LogP contribution in [0.25, 0.3) is 0 Å². The summed E-state index contributed by atoms with van der Waals surface area (Å²) < 4.78 is 38.2. The van der Waals surface area contributed by atoms with Gasteiger partial charge < -0.3 is 16.2 Å². The molecule has 1 aliphatic rings. The number of nitrogen functional groups attached to an aromatic ring is 1. The normalized spacial score (nSPS) is 23.0. The number of anilines is 2. The number of hydrogen-bond donors (Lipinski definition) is 3. The van der Waals surface area contributed by atoms with E-state index in [-0.39, 0.29) is 18.2 Å². The average molecular weight is 288 g/mol. The molecule has 1 aromatic carbocycles. The van der Waals surface area contributed by atoms with Gasteiger partial charge in [0, 0.05) is 24.5 Å². The van der Waals surface area contributed by atoms with E-state index in [2.05, 4.69) is 5.32 Å². The summed E-state index contributed by atoms with van der Waals surface area (Å²) in [6.45, 7) is 0.717. The summed E-state index contributed by atoms with van der Waals surface area (Å²) in [4.78, 5) is 0. The molecule has 0 amide bonds. The maximum absolute atomic E-state index is 12.7. The van der Waals surface area contributed by atoms with E-state index in [9.17, 15) is 18.3 Å². The highest BCUT2D eigenvalue weighted by Crippen LogP contribution is 2.36. The lowest BCUT2D eigenvalue weighted by Crippen LogP contribution is -2.21. The Balaban J connectivity index is 2.03. The van der Waals surface area contributed by atoms with Crippen LogP contribution in [0.1, 0.15) is 24.8 Å². The first-order valence-electron chi connectivity index (χ1n) is 6.73. The Morgan fingerprint density at radius 2 is 1.95 bits per heavy atom. The van der Waals surface area contributed by atoms with Crippen LogP contribution in [0.4, 0.5) is 24.5 Å². The molecular weight excluding hydrogens is 269 g/mol. The zero-order valence-electron chi connectivity index (χ0n) is 11.1. The van der Waals surface area contributed by atoms with E-state index in [1.165, 1.54) is 6.07 Å². The Hall–Kier alpha value is -1.43. The Labute approximate surface area is 116 Å². The molecule has 4 N–H and O–H groups in total. The van der Waals surface area contributed by atoms with Gasteiger partial charge in [0.15, 0.2) is 0 Å². The number of rotatable bonds is 4. The van der Waals surface area contributed by atoms with E-state index < -0.39 is 11.7 Å². The molecule has 6 heteroatoms. The monoisotopic (exact) mass is 288 g/mol. The minimum Gasteiger partial charge on any atom is -0.398 e. The topological polar surface area (TPSA) is 58.3 Å². The molecule has 0 spiro atoms. The minimum atomic E-state index is -4.44. The van der Waals surface area contributed by atoms with E-state index in [1.54, 1.807) is 6.07 Å². The van der Waals surface area contributed by atoms with Gasteiger partial charge in [0.05, 0.1) is 5.56 Å². The van der Waals surface area contributed by atoms with Crippen molar-refractivity contribution in [2.24, 2.45) is 11.8 Å². The van der Waals surface area contributed by atoms with Crippen molar-refractivity contribution in [1.82, 2.24) is 0 Å². The molecule has 2 atom stereocenters. The third-order valence-corrected chi connectivity index (χ3v) is 3.98.